The fraction of sp³-hybridized carbons (Fsp3) is 0.533. The second-order valence-corrected chi connectivity index (χ2v) is 6.00. The highest BCUT2D eigenvalue weighted by atomic mass is 35.5. The molecule has 1 aromatic rings. The minimum absolute atomic E-state index is 0.225. The lowest BCUT2D eigenvalue weighted by molar-refractivity contribution is -0.0109. The van der Waals surface area contributed by atoms with Gasteiger partial charge in [0.25, 0.3) is 5.91 Å². The topological polar surface area (TPSA) is 49.3 Å². The van der Waals surface area contributed by atoms with Crippen molar-refractivity contribution >= 4 is 17.5 Å². The standard InChI is InChI=1S/C15H20ClNO2/c1-11-5-4-8-15(19,9-11)10-17-14(18)12-6-2-3-7-13(12)16/h2-3,6-7,11,19H,4-5,8-10H2,1H3,(H,17,18). The average Bonchev–Trinajstić information content (AvgIpc) is 2.36. The van der Waals surface area contributed by atoms with Gasteiger partial charge in [-0.3, -0.25) is 4.79 Å². The third-order valence-electron chi connectivity index (χ3n) is 3.76. The number of amides is 1. The lowest BCUT2D eigenvalue weighted by atomic mass is 9.79. The van der Waals surface area contributed by atoms with Crippen molar-refractivity contribution < 1.29 is 9.90 Å². The van der Waals surface area contributed by atoms with Crippen LogP contribution in [-0.2, 0) is 0 Å². The third-order valence-corrected chi connectivity index (χ3v) is 4.09. The van der Waals surface area contributed by atoms with Crippen molar-refractivity contribution in [2.75, 3.05) is 6.54 Å². The molecule has 0 radical (unpaired) electrons. The molecule has 2 unspecified atom stereocenters. The summed E-state index contributed by atoms with van der Waals surface area (Å²) >= 11 is 5.98. The summed E-state index contributed by atoms with van der Waals surface area (Å²) in [4.78, 5) is 12.0. The van der Waals surface area contributed by atoms with Crippen molar-refractivity contribution in [1.29, 1.82) is 0 Å². The van der Waals surface area contributed by atoms with Crippen molar-refractivity contribution in [3.8, 4) is 0 Å². The van der Waals surface area contributed by atoms with Crippen LogP contribution in [0.4, 0.5) is 0 Å². The predicted octanol–water partition coefficient (Wildman–Crippen LogP) is 3.01. The van der Waals surface area contributed by atoms with Crippen molar-refractivity contribution in [2.24, 2.45) is 5.92 Å². The number of hydrogen-bond acceptors (Lipinski definition) is 2. The normalized spacial score (nSPS) is 27.0. The fourth-order valence-electron chi connectivity index (χ4n) is 2.78. The fourth-order valence-corrected chi connectivity index (χ4v) is 3.00. The first-order valence-electron chi connectivity index (χ1n) is 6.75. The van der Waals surface area contributed by atoms with Gasteiger partial charge in [-0.25, -0.2) is 0 Å². The highest BCUT2D eigenvalue weighted by Crippen LogP contribution is 2.31. The number of halogens is 1. The molecule has 0 heterocycles. The number of nitrogens with one attached hydrogen (secondary N) is 1. The first kappa shape index (κ1) is 14.4. The minimum Gasteiger partial charge on any atom is -0.388 e. The molecule has 3 nitrogen and oxygen atoms in total. The number of benzene rings is 1. The van der Waals surface area contributed by atoms with Gasteiger partial charge in [-0.1, -0.05) is 43.5 Å². The van der Waals surface area contributed by atoms with Crippen molar-refractivity contribution in [3.05, 3.63) is 34.9 Å². The number of carbonyl (C=O) groups excluding carboxylic acids is 1. The van der Waals surface area contributed by atoms with Crippen LogP contribution in [0.1, 0.15) is 43.0 Å². The number of aliphatic hydroxyl groups is 1. The van der Waals surface area contributed by atoms with Crippen LogP contribution in [0.5, 0.6) is 0 Å². The molecule has 0 aromatic heterocycles. The lowest BCUT2D eigenvalue weighted by Gasteiger charge is -2.35. The maximum atomic E-state index is 12.0. The van der Waals surface area contributed by atoms with Crippen LogP contribution in [0, 0.1) is 5.92 Å². The molecule has 2 N–H and O–H groups in total. The van der Waals surface area contributed by atoms with Gasteiger partial charge in [-0.15, -0.1) is 0 Å². The summed E-state index contributed by atoms with van der Waals surface area (Å²) in [5.41, 5.74) is -0.314. The molecular formula is C15H20ClNO2. The van der Waals surface area contributed by atoms with Crippen molar-refractivity contribution in [1.82, 2.24) is 5.32 Å². The number of rotatable bonds is 3. The Hall–Kier alpha value is -1.06. The van der Waals surface area contributed by atoms with Crippen LogP contribution in [0.15, 0.2) is 24.3 Å². The van der Waals surface area contributed by atoms with Crippen LogP contribution >= 0.6 is 11.6 Å². The van der Waals surface area contributed by atoms with Gasteiger partial charge in [-0.2, -0.15) is 0 Å². The van der Waals surface area contributed by atoms with E-state index in [1.807, 2.05) is 0 Å². The molecule has 2 atom stereocenters. The summed E-state index contributed by atoms with van der Waals surface area (Å²) in [6.07, 6.45) is 3.66. The first-order valence-corrected chi connectivity index (χ1v) is 7.13. The van der Waals surface area contributed by atoms with Crippen LogP contribution < -0.4 is 5.32 Å². The zero-order chi connectivity index (χ0) is 13.9. The molecule has 104 valence electrons. The van der Waals surface area contributed by atoms with E-state index >= 15 is 0 Å². The van der Waals surface area contributed by atoms with Crippen LogP contribution in [-0.4, -0.2) is 23.2 Å². The van der Waals surface area contributed by atoms with Gasteiger partial charge in [0.2, 0.25) is 0 Å². The molecule has 2 rings (SSSR count). The molecule has 0 saturated heterocycles. The summed E-state index contributed by atoms with van der Waals surface area (Å²) in [5.74, 6) is 0.285. The van der Waals surface area contributed by atoms with Crippen LogP contribution in [0.3, 0.4) is 0 Å². The molecule has 1 amide bonds. The van der Waals surface area contributed by atoms with E-state index in [0.717, 1.165) is 25.7 Å². The van der Waals surface area contributed by atoms with Crippen LogP contribution in [0.2, 0.25) is 5.02 Å². The van der Waals surface area contributed by atoms with E-state index in [-0.39, 0.29) is 5.91 Å². The van der Waals surface area contributed by atoms with E-state index < -0.39 is 5.60 Å². The smallest absolute Gasteiger partial charge is 0.252 e. The van der Waals surface area contributed by atoms with Crippen molar-refractivity contribution in [2.45, 2.75) is 38.2 Å². The monoisotopic (exact) mass is 281 g/mol. The Morgan fingerprint density at radius 1 is 1.53 bits per heavy atom. The molecule has 1 aromatic carbocycles. The van der Waals surface area contributed by atoms with Crippen LogP contribution in [0.25, 0.3) is 0 Å². The van der Waals surface area contributed by atoms with Gasteiger partial charge in [0.1, 0.15) is 0 Å². The molecule has 1 aliphatic rings. The predicted molar refractivity (Wildman–Crippen MR) is 76.4 cm³/mol. The summed E-state index contributed by atoms with van der Waals surface area (Å²) in [6, 6.07) is 6.94. The van der Waals surface area contributed by atoms with Gasteiger partial charge in [0.05, 0.1) is 16.2 Å². The molecular weight excluding hydrogens is 262 g/mol. The maximum Gasteiger partial charge on any atom is 0.252 e. The van der Waals surface area contributed by atoms with Gasteiger partial charge in [-0.05, 0) is 30.9 Å². The molecule has 0 aliphatic heterocycles. The zero-order valence-corrected chi connectivity index (χ0v) is 11.9. The largest absolute Gasteiger partial charge is 0.388 e. The lowest BCUT2D eigenvalue weighted by Crippen LogP contribution is -2.45. The van der Waals surface area contributed by atoms with Gasteiger partial charge >= 0.3 is 0 Å². The van der Waals surface area contributed by atoms with E-state index in [4.69, 9.17) is 11.6 Å². The average molecular weight is 282 g/mol. The minimum atomic E-state index is -0.769. The van der Waals surface area contributed by atoms with Gasteiger partial charge in [0.15, 0.2) is 0 Å². The first-order chi connectivity index (χ1) is 9.00. The quantitative estimate of drug-likeness (QED) is 0.895. The molecule has 4 heteroatoms. The molecule has 1 aliphatic carbocycles. The maximum absolute atomic E-state index is 12.0. The van der Waals surface area contributed by atoms with Crippen molar-refractivity contribution in [3.63, 3.8) is 0 Å². The van der Waals surface area contributed by atoms with E-state index in [1.54, 1.807) is 24.3 Å². The second-order valence-electron chi connectivity index (χ2n) is 5.59. The zero-order valence-electron chi connectivity index (χ0n) is 11.2. The number of carbonyl (C=O) groups is 1. The summed E-state index contributed by atoms with van der Waals surface area (Å²) in [5, 5.41) is 13.7. The Balaban J connectivity index is 1.95. The molecule has 19 heavy (non-hydrogen) atoms. The SMILES string of the molecule is CC1CCCC(O)(CNC(=O)c2ccccc2Cl)C1. The Kier molecular flexibility index (Phi) is 4.48. The molecule has 1 fully saturated rings. The highest BCUT2D eigenvalue weighted by molar-refractivity contribution is 6.33. The third kappa shape index (κ3) is 3.71. The van der Waals surface area contributed by atoms with Gasteiger partial charge in [0, 0.05) is 6.54 Å². The molecule has 1 saturated carbocycles. The molecule has 0 bridgehead atoms. The highest BCUT2D eigenvalue weighted by Gasteiger charge is 2.32. The molecule has 0 spiro atoms. The van der Waals surface area contributed by atoms with E-state index in [1.165, 1.54) is 0 Å². The Labute approximate surface area is 119 Å². The van der Waals surface area contributed by atoms with Gasteiger partial charge < -0.3 is 10.4 Å². The van der Waals surface area contributed by atoms with E-state index in [9.17, 15) is 9.90 Å². The number of hydrogen-bond donors (Lipinski definition) is 2. The summed E-state index contributed by atoms with van der Waals surface area (Å²) < 4.78 is 0. The second kappa shape index (κ2) is 5.93. The van der Waals surface area contributed by atoms with E-state index in [2.05, 4.69) is 12.2 Å². The Morgan fingerprint density at radius 2 is 2.26 bits per heavy atom. The summed E-state index contributed by atoms with van der Waals surface area (Å²) in [6.45, 7) is 2.43. The van der Waals surface area contributed by atoms with E-state index in [0.29, 0.717) is 23.0 Å². The summed E-state index contributed by atoms with van der Waals surface area (Å²) in [7, 11) is 0. The Bertz CT molecular complexity index is 463. The Morgan fingerprint density at radius 3 is 2.95 bits per heavy atom.